The molecular weight excluding hydrogens is 564 g/mol. The van der Waals surface area contributed by atoms with Crippen LogP contribution in [0.3, 0.4) is 0 Å². The van der Waals surface area contributed by atoms with E-state index in [9.17, 15) is 18.4 Å². The lowest BCUT2D eigenvalue weighted by Crippen LogP contribution is -2.26. The van der Waals surface area contributed by atoms with Gasteiger partial charge in [0.05, 0.1) is 25.3 Å². The first-order valence-corrected chi connectivity index (χ1v) is 14.1. The normalized spacial score (nSPS) is 13.8. The van der Waals surface area contributed by atoms with Gasteiger partial charge in [-0.15, -0.1) is 0 Å². The van der Waals surface area contributed by atoms with Crippen LogP contribution in [0.5, 0.6) is 17.2 Å². The van der Waals surface area contributed by atoms with E-state index in [2.05, 4.69) is 15.0 Å². The Kier molecular flexibility index (Phi) is 10.1. The summed E-state index contributed by atoms with van der Waals surface area (Å²) >= 11 is 0. The van der Waals surface area contributed by atoms with E-state index in [1.54, 1.807) is 24.3 Å². The quantitative estimate of drug-likeness (QED) is 0.210. The predicted octanol–water partition coefficient (Wildman–Crippen LogP) is 6.63. The molecule has 0 bridgehead atoms. The van der Waals surface area contributed by atoms with Crippen LogP contribution in [0, 0.1) is 11.3 Å². The Hall–Kier alpha value is -4.35. The molecule has 12 heteroatoms. The van der Waals surface area contributed by atoms with Crippen LogP contribution in [0.15, 0.2) is 46.9 Å². The number of halogens is 2. The molecule has 10 nitrogen and oxygen atoms in total. The summed E-state index contributed by atoms with van der Waals surface area (Å²) in [6.45, 7) is 5.32. The van der Waals surface area contributed by atoms with E-state index in [0.717, 1.165) is 12.8 Å². The Bertz CT molecular complexity index is 1420. The number of nitrogens with zero attached hydrogens (tertiary/aromatic N) is 1. The zero-order chi connectivity index (χ0) is 31.1. The first-order chi connectivity index (χ1) is 20.4. The average Bonchev–Trinajstić information content (AvgIpc) is 3.66. The summed E-state index contributed by atoms with van der Waals surface area (Å²) < 4.78 is 53.8. The van der Waals surface area contributed by atoms with Gasteiger partial charge in [-0.25, -0.2) is 9.78 Å². The van der Waals surface area contributed by atoms with E-state index in [0.29, 0.717) is 48.1 Å². The van der Waals surface area contributed by atoms with Crippen molar-refractivity contribution < 1.29 is 41.7 Å². The van der Waals surface area contributed by atoms with Crippen molar-refractivity contribution in [3.8, 4) is 28.7 Å². The second-order valence-electron chi connectivity index (χ2n) is 11.4. The molecule has 1 saturated carbocycles. The number of benzene rings is 2. The lowest BCUT2D eigenvalue weighted by Gasteiger charge is -2.24. The number of oxazole rings is 1. The molecular formula is C31H37F2N3O7. The van der Waals surface area contributed by atoms with Gasteiger partial charge in [0.15, 0.2) is 23.4 Å². The van der Waals surface area contributed by atoms with Crippen LogP contribution in [0.2, 0.25) is 0 Å². The number of nitrogens with one attached hydrogen (secondary N) is 1. The van der Waals surface area contributed by atoms with Crippen LogP contribution in [-0.4, -0.2) is 36.8 Å². The highest BCUT2D eigenvalue weighted by Crippen LogP contribution is 2.39. The first-order valence-electron chi connectivity index (χ1n) is 14.1. The maximum absolute atomic E-state index is 13.1. The predicted molar refractivity (Wildman–Crippen MR) is 153 cm³/mol. The number of ether oxygens (including phenoxy) is 4. The van der Waals surface area contributed by atoms with E-state index in [4.69, 9.17) is 24.4 Å². The summed E-state index contributed by atoms with van der Waals surface area (Å²) in [5.41, 5.74) is 6.12. The van der Waals surface area contributed by atoms with Gasteiger partial charge >= 0.3 is 12.7 Å². The molecule has 0 saturated heterocycles. The number of para-hydroxylation sites is 1. The van der Waals surface area contributed by atoms with E-state index >= 15 is 0 Å². The zero-order valence-corrected chi connectivity index (χ0v) is 24.7. The number of amides is 2. The molecule has 1 atom stereocenters. The van der Waals surface area contributed by atoms with Crippen molar-refractivity contribution in [1.29, 1.82) is 0 Å². The molecule has 1 heterocycles. The minimum absolute atomic E-state index is 0.0848. The molecule has 2 amide bonds. The van der Waals surface area contributed by atoms with E-state index in [1.807, 2.05) is 27.7 Å². The molecule has 1 aliphatic rings. The van der Waals surface area contributed by atoms with Gasteiger partial charge in [-0.2, -0.15) is 8.78 Å². The van der Waals surface area contributed by atoms with Crippen LogP contribution < -0.4 is 25.3 Å². The molecule has 1 aromatic heterocycles. The molecule has 3 aromatic rings. The van der Waals surface area contributed by atoms with Gasteiger partial charge in [-0.05, 0) is 67.9 Å². The number of alkyl halides is 2. The Morgan fingerprint density at radius 3 is 2.49 bits per heavy atom. The zero-order valence-electron chi connectivity index (χ0n) is 24.7. The number of rotatable bonds is 14. The van der Waals surface area contributed by atoms with Gasteiger partial charge < -0.3 is 34.4 Å². The lowest BCUT2D eigenvalue weighted by atomic mass is 9.88. The van der Waals surface area contributed by atoms with Crippen molar-refractivity contribution in [3.63, 3.8) is 0 Å². The van der Waals surface area contributed by atoms with Crippen LogP contribution in [0.1, 0.15) is 74.9 Å². The topological polar surface area (TPSA) is 135 Å². The van der Waals surface area contributed by atoms with Crippen LogP contribution in [0.4, 0.5) is 13.6 Å². The molecule has 0 radical (unpaired) electrons. The lowest BCUT2D eigenvalue weighted by molar-refractivity contribution is -0.0515. The van der Waals surface area contributed by atoms with Crippen molar-refractivity contribution in [3.05, 3.63) is 59.5 Å². The summed E-state index contributed by atoms with van der Waals surface area (Å²) in [5.74, 6) is 0.670. The third-order valence-electron chi connectivity index (χ3n) is 6.50. The van der Waals surface area contributed by atoms with Gasteiger partial charge in [0, 0.05) is 5.56 Å². The maximum Gasteiger partial charge on any atom is 0.405 e. The van der Waals surface area contributed by atoms with Gasteiger partial charge in [0.1, 0.15) is 11.4 Å². The average molecular weight is 602 g/mol. The molecule has 0 aliphatic heterocycles. The molecule has 4 rings (SSSR count). The van der Waals surface area contributed by atoms with Crippen LogP contribution in [-0.2, 0) is 11.3 Å². The van der Waals surface area contributed by atoms with E-state index < -0.39 is 24.7 Å². The smallest absolute Gasteiger partial charge is 0.405 e. The molecule has 2 aromatic carbocycles. The Morgan fingerprint density at radius 1 is 1.09 bits per heavy atom. The Labute approximate surface area is 248 Å². The highest BCUT2D eigenvalue weighted by molar-refractivity contribution is 5.96. The molecule has 232 valence electrons. The summed E-state index contributed by atoms with van der Waals surface area (Å²) in [4.78, 5) is 29.6. The fourth-order valence-electron chi connectivity index (χ4n) is 4.38. The Morgan fingerprint density at radius 2 is 1.84 bits per heavy atom. The Balaban J connectivity index is 1.70. The number of primary amides is 1. The monoisotopic (exact) mass is 601 g/mol. The highest BCUT2D eigenvalue weighted by atomic mass is 19.3. The second kappa shape index (κ2) is 13.7. The second-order valence-corrected chi connectivity index (χ2v) is 11.4. The molecule has 43 heavy (non-hydrogen) atoms. The number of hydrogen-bond acceptors (Lipinski definition) is 8. The van der Waals surface area contributed by atoms with E-state index in [1.165, 1.54) is 18.2 Å². The van der Waals surface area contributed by atoms with E-state index in [-0.39, 0.29) is 35.1 Å². The van der Waals surface area contributed by atoms with Crippen molar-refractivity contribution in [2.45, 2.75) is 66.2 Å². The third-order valence-corrected chi connectivity index (χ3v) is 6.50. The minimum atomic E-state index is -3.03. The molecule has 1 fully saturated rings. The van der Waals surface area contributed by atoms with Crippen molar-refractivity contribution in [1.82, 2.24) is 10.3 Å². The third kappa shape index (κ3) is 9.07. The largest absolute Gasteiger partial charge is 0.493 e. The molecule has 1 aliphatic carbocycles. The van der Waals surface area contributed by atoms with Gasteiger partial charge in [-0.3, -0.25) is 4.79 Å². The number of aromatic nitrogens is 1. The minimum Gasteiger partial charge on any atom is -0.493 e. The van der Waals surface area contributed by atoms with Gasteiger partial charge in [-0.1, -0.05) is 32.9 Å². The standard InChI is InChI=1S/C31H37F2N3O7/c1-5-39-22-9-7-6-8-20(22)27(37)35-16-21-26(25(42-30(34)38)15-31(2,3)4)43-28(36-21)19-12-13-23(41-29(32)33)24(14-19)40-17-18-10-11-18/h6-9,12-14,18,25,29H,5,10-11,15-17H2,1-4H3,(H2,34,38)(H,35,37)/t25-/m0/s1. The molecule has 0 unspecified atom stereocenters. The summed E-state index contributed by atoms with van der Waals surface area (Å²) in [7, 11) is 0. The van der Waals surface area contributed by atoms with Crippen molar-refractivity contribution in [2.75, 3.05) is 13.2 Å². The van der Waals surface area contributed by atoms with Crippen molar-refractivity contribution >= 4 is 12.0 Å². The number of hydrogen-bond donors (Lipinski definition) is 2. The number of carbonyl (C=O) groups excluding carboxylic acids is 2. The van der Waals surface area contributed by atoms with Gasteiger partial charge in [0.25, 0.3) is 5.91 Å². The maximum atomic E-state index is 13.1. The van der Waals surface area contributed by atoms with Crippen LogP contribution in [0.25, 0.3) is 11.5 Å². The summed E-state index contributed by atoms with van der Waals surface area (Å²) in [5, 5.41) is 2.83. The first kappa shape index (κ1) is 31.6. The highest BCUT2D eigenvalue weighted by Gasteiger charge is 2.31. The fourth-order valence-corrected chi connectivity index (χ4v) is 4.38. The number of carbonyl (C=O) groups is 2. The molecule has 3 N–H and O–H groups in total. The fraction of sp³-hybridized carbons (Fsp3) is 0.452. The van der Waals surface area contributed by atoms with Crippen molar-refractivity contribution in [2.24, 2.45) is 17.1 Å². The SMILES string of the molecule is CCOc1ccccc1C(=O)NCc1nc(-c2ccc(OC(F)F)c(OCC3CC3)c2)oc1[C@H](CC(C)(C)C)OC(N)=O. The summed E-state index contributed by atoms with van der Waals surface area (Å²) in [6, 6.07) is 11.2. The number of nitrogens with two attached hydrogens (primary N) is 1. The van der Waals surface area contributed by atoms with Gasteiger partial charge in [0.2, 0.25) is 5.89 Å². The summed E-state index contributed by atoms with van der Waals surface area (Å²) in [6.07, 6.45) is 0.417. The van der Waals surface area contributed by atoms with Crippen LogP contribution >= 0.6 is 0 Å². The molecule has 0 spiro atoms.